The van der Waals surface area contributed by atoms with Crippen molar-refractivity contribution in [3.63, 3.8) is 0 Å². The normalized spacial score (nSPS) is 10.3. The summed E-state index contributed by atoms with van der Waals surface area (Å²) in [4.78, 5) is 8.40. The van der Waals surface area contributed by atoms with Crippen molar-refractivity contribution in [2.45, 2.75) is 20.3 Å². The van der Waals surface area contributed by atoms with E-state index in [1.54, 1.807) is 6.33 Å². The standard InChI is InChI=1S/C14H17BrN4/c1-3-6-16-13-8-14(18-9-17-13)19-11-4-5-12(15)10(2)7-11/h4-5,7-9H,3,6H2,1-2H3,(H2,16,17,18,19). The van der Waals surface area contributed by atoms with Crippen LogP contribution < -0.4 is 10.6 Å². The van der Waals surface area contributed by atoms with E-state index in [-0.39, 0.29) is 0 Å². The lowest BCUT2D eigenvalue weighted by atomic mass is 10.2. The van der Waals surface area contributed by atoms with Crippen LogP contribution in [0.15, 0.2) is 35.1 Å². The van der Waals surface area contributed by atoms with E-state index in [2.05, 4.69) is 56.4 Å². The summed E-state index contributed by atoms with van der Waals surface area (Å²) in [5.41, 5.74) is 2.20. The first kappa shape index (κ1) is 13.8. The van der Waals surface area contributed by atoms with Crippen LogP contribution in [-0.4, -0.2) is 16.5 Å². The molecule has 0 bridgehead atoms. The average Bonchev–Trinajstić information content (AvgIpc) is 2.41. The summed E-state index contributed by atoms with van der Waals surface area (Å²) in [7, 11) is 0. The van der Waals surface area contributed by atoms with Crippen molar-refractivity contribution in [2.75, 3.05) is 17.2 Å². The van der Waals surface area contributed by atoms with Gasteiger partial charge in [0.25, 0.3) is 0 Å². The van der Waals surface area contributed by atoms with Crippen LogP contribution in [0.2, 0.25) is 0 Å². The third-order valence-electron chi connectivity index (χ3n) is 2.65. The van der Waals surface area contributed by atoms with E-state index in [0.717, 1.165) is 34.8 Å². The Bertz CT molecular complexity index is 557. The number of rotatable bonds is 5. The van der Waals surface area contributed by atoms with Crippen LogP contribution >= 0.6 is 15.9 Å². The smallest absolute Gasteiger partial charge is 0.135 e. The van der Waals surface area contributed by atoms with Crippen LogP contribution in [0.25, 0.3) is 0 Å². The fourth-order valence-electron chi connectivity index (χ4n) is 1.65. The second-order valence-corrected chi connectivity index (χ2v) is 5.16. The molecule has 0 amide bonds. The third kappa shape index (κ3) is 3.92. The van der Waals surface area contributed by atoms with Crippen molar-refractivity contribution in [2.24, 2.45) is 0 Å². The number of nitrogens with one attached hydrogen (secondary N) is 2. The van der Waals surface area contributed by atoms with Crippen LogP contribution in [0.5, 0.6) is 0 Å². The summed E-state index contributed by atoms with van der Waals surface area (Å²) in [5.74, 6) is 1.63. The lowest BCUT2D eigenvalue weighted by molar-refractivity contribution is 0.965. The highest BCUT2D eigenvalue weighted by Gasteiger charge is 2.01. The van der Waals surface area contributed by atoms with Gasteiger partial charge in [0, 0.05) is 22.8 Å². The monoisotopic (exact) mass is 320 g/mol. The molecule has 1 aromatic heterocycles. The molecule has 5 heteroatoms. The predicted octanol–water partition coefficient (Wildman–Crippen LogP) is 4.11. The molecular weight excluding hydrogens is 304 g/mol. The van der Waals surface area contributed by atoms with Gasteiger partial charge in [0.05, 0.1) is 0 Å². The topological polar surface area (TPSA) is 49.8 Å². The number of halogens is 1. The van der Waals surface area contributed by atoms with E-state index in [1.165, 1.54) is 5.56 Å². The van der Waals surface area contributed by atoms with Gasteiger partial charge in [-0.1, -0.05) is 22.9 Å². The summed E-state index contributed by atoms with van der Waals surface area (Å²) >= 11 is 3.49. The first-order valence-corrected chi connectivity index (χ1v) is 7.07. The molecule has 4 nitrogen and oxygen atoms in total. The van der Waals surface area contributed by atoms with Gasteiger partial charge in [0.2, 0.25) is 0 Å². The Balaban J connectivity index is 2.11. The molecule has 19 heavy (non-hydrogen) atoms. The largest absolute Gasteiger partial charge is 0.370 e. The maximum absolute atomic E-state index is 4.22. The maximum Gasteiger partial charge on any atom is 0.135 e. The molecule has 2 N–H and O–H groups in total. The van der Waals surface area contributed by atoms with Crippen molar-refractivity contribution in [3.05, 3.63) is 40.6 Å². The Morgan fingerprint density at radius 2 is 1.95 bits per heavy atom. The maximum atomic E-state index is 4.22. The molecule has 0 saturated heterocycles. The van der Waals surface area contributed by atoms with Gasteiger partial charge >= 0.3 is 0 Å². The van der Waals surface area contributed by atoms with Crippen molar-refractivity contribution < 1.29 is 0 Å². The molecule has 0 radical (unpaired) electrons. The fourth-order valence-corrected chi connectivity index (χ4v) is 1.89. The van der Waals surface area contributed by atoms with Gasteiger partial charge in [-0.05, 0) is 37.1 Å². The van der Waals surface area contributed by atoms with E-state index >= 15 is 0 Å². The van der Waals surface area contributed by atoms with E-state index in [4.69, 9.17) is 0 Å². The first-order chi connectivity index (χ1) is 9.19. The Hall–Kier alpha value is -1.62. The molecule has 0 aliphatic carbocycles. The number of nitrogens with zero attached hydrogens (tertiary/aromatic N) is 2. The third-order valence-corrected chi connectivity index (χ3v) is 3.54. The minimum atomic E-state index is 0.787. The molecular formula is C14H17BrN4. The summed E-state index contributed by atoms with van der Waals surface area (Å²) < 4.78 is 1.10. The molecule has 1 heterocycles. The molecule has 1 aromatic carbocycles. The van der Waals surface area contributed by atoms with E-state index in [0.29, 0.717) is 0 Å². The highest BCUT2D eigenvalue weighted by molar-refractivity contribution is 9.10. The van der Waals surface area contributed by atoms with Gasteiger partial charge in [-0.15, -0.1) is 0 Å². The molecule has 2 rings (SSSR count). The number of hydrogen-bond donors (Lipinski definition) is 2. The number of benzene rings is 1. The summed E-state index contributed by atoms with van der Waals surface area (Å²) in [5, 5.41) is 6.52. The molecule has 0 fully saturated rings. The molecule has 0 atom stereocenters. The van der Waals surface area contributed by atoms with Gasteiger partial charge in [0.1, 0.15) is 18.0 Å². The average molecular weight is 321 g/mol. The van der Waals surface area contributed by atoms with Crippen molar-refractivity contribution >= 4 is 33.3 Å². The van der Waals surface area contributed by atoms with Crippen LogP contribution in [0.1, 0.15) is 18.9 Å². The van der Waals surface area contributed by atoms with Crippen LogP contribution in [0.3, 0.4) is 0 Å². The molecule has 2 aromatic rings. The van der Waals surface area contributed by atoms with Gasteiger partial charge < -0.3 is 10.6 Å². The van der Waals surface area contributed by atoms with Crippen LogP contribution in [-0.2, 0) is 0 Å². The molecule has 0 unspecified atom stereocenters. The fraction of sp³-hybridized carbons (Fsp3) is 0.286. The van der Waals surface area contributed by atoms with Crippen molar-refractivity contribution in [3.8, 4) is 0 Å². The lowest BCUT2D eigenvalue weighted by Crippen LogP contribution is -2.03. The molecule has 0 aliphatic heterocycles. The van der Waals surface area contributed by atoms with E-state index in [1.807, 2.05) is 18.2 Å². The summed E-state index contributed by atoms with van der Waals surface area (Å²) in [6.07, 6.45) is 2.63. The second-order valence-electron chi connectivity index (χ2n) is 4.30. The zero-order chi connectivity index (χ0) is 13.7. The van der Waals surface area contributed by atoms with Gasteiger partial charge in [-0.2, -0.15) is 0 Å². The number of aryl methyl sites for hydroxylation is 1. The van der Waals surface area contributed by atoms with Crippen molar-refractivity contribution in [1.29, 1.82) is 0 Å². The molecule has 0 saturated carbocycles. The molecule has 100 valence electrons. The van der Waals surface area contributed by atoms with Gasteiger partial charge in [-0.3, -0.25) is 0 Å². The highest BCUT2D eigenvalue weighted by atomic mass is 79.9. The predicted molar refractivity (Wildman–Crippen MR) is 83.0 cm³/mol. The van der Waals surface area contributed by atoms with Crippen LogP contribution in [0.4, 0.5) is 17.3 Å². The van der Waals surface area contributed by atoms with E-state index < -0.39 is 0 Å². The summed E-state index contributed by atoms with van der Waals surface area (Å²) in [6, 6.07) is 8.02. The van der Waals surface area contributed by atoms with Crippen molar-refractivity contribution in [1.82, 2.24) is 9.97 Å². The Kier molecular flexibility index (Phi) is 4.74. The zero-order valence-electron chi connectivity index (χ0n) is 11.1. The Morgan fingerprint density at radius 1 is 1.16 bits per heavy atom. The van der Waals surface area contributed by atoms with E-state index in [9.17, 15) is 0 Å². The van der Waals surface area contributed by atoms with Crippen LogP contribution in [0, 0.1) is 6.92 Å². The second kappa shape index (κ2) is 6.52. The number of anilines is 3. The summed E-state index contributed by atoms with van der Waals surface area (Å²) in [6.45, 7) is 5.09. The number of hydrogen-bond acceptors (Lipinski definition) is 4. The first-order valence-electron chi connectivity index (χ1n) is 6.28. The lowest BCUT2D eigenvalue weighted by Gasteiger charge is -2.09. The SMILES string of the molecule is CCCNc1cc(Nc2ccc(Br)c(C)c2)ncn1. The zero-order valence-corrected chi connectivity index (χ0v) is 12.7. The van der Waals surface area contributed by atoms with Gasteiger partial charge in [0.15, 0.2) is 0 Å². The molecule has 0 aliphatic rings. The number of aromatic nitrogens is 2. The highest BCUT2D eigenvalue weighted by Crippen LogP contribution is 2.22. The van der Waals surface area contributed by atoms with Gasteiger partial charge in [-0.25, -0.2) is 9.97 Å². The Morgan fingerprint density at radius 3 is 2.68 bits per heavy atom. The Labute approximate surface area is 121 Å². The minimum Gasteiger partial charge on any atom is -0.370 e. The molecule has 0 spiro atoms. The minimum absolute atomic E-state index is 0.787. The quantitative estimate of drug-likeness (QED) is 0.870.